The number of hydrogen-bond acceptors (Lipinski definition) is 7. The molecule has 7 rings (SSSR count). The number of ether oxygens (including phenoxy) is 1. The van der Waals surface area contributed by atoms with Crippen molar-refractivity contribution in [1.82, 2.24) is 40.4 Å². The van der Waals surface area contributed by atoms with Crippen molar-refractivity contribution in [1.29, 1.82) is 0 Å². The van der Waals surface area contributed by atoms with Gasteiger partial charge in [0.2, 0.25) is 11.8 Å². The van der Waals surface area contributed by atoms with Crippen LogP contribution < -0.4 is 10.6 Å². The molecule has 0 saturated carbocycles. The van der Waals surface area contributed by atoms with Gasteiger partial charge in [-0.1, -0.05) is 88.1 Å². The smallest absolute Gasteiger partial charge is 0.407 e. The zero-order valence-corrected chi connectivity index (χ0v) is 35.1. The number of nitrogens with zero attached hydrogens (tertiary/aromatic N) is 4. The fraction of sp³-hybridized carbons (Fsp3) is 0.362. The minimum absolute atomic E-state index is 0.107. The summed E-state index contributed by atoms with van der Waals surface area (Å²) < 4.78 is 4.75. The third kappa shape index (κ3) is 9.62. The third-order valence-electron chi connectivity index (χ3n) is 11.4. The average molecular weight is 825 g/mol. The number of carbonyl (C=O) groups excluding carboxylic acids is 3. The van der Waals surface area contributed by atoms with Crippen LogP contribution in [0.25, 0.3) is 33.6 Å². The highest BCUT2D eigenvalue weighted by atomic mass is 16.5. The van der Waals surface area contributed by atoms with Crippen molar-refractivity contribution in [3.05, 3.63) is 108 Å². The van der Waals surface area contributed by atoms with Gasteiger partial charge >= 0.3 is 12.2 Å². The molecule has 2 saturated heterocycles. The van der Waals surface area contributed by atoms with Crippen LogP contribution in [0.4, 0.5) is 9.59 Å². The molecular formula is C47H52N8O6. The standard InChI is InChI=1S/C47H52N8O6/c1-28(2)40(52-46(58)59)44(56)54-24-6-8-38(54)42-49-27-37(51-42)35-22-20-33(21-23-35)32-16-12-30(13-17-32)10-11-31-14-18-34(19-15-31)36-26-48-43(50-36)39-9-7-25-55(39)45(57)41(29(3)4)53-47(60)61-5/h12-23,26-29,38-41,52H,6-9,24-25H2,1-5H3,(H,48,50)(H,49,51)(H,53,60)(H,58,59)/t38-,39?,40-,41-/m0/s1. The van der Waals surface area contributed by atoms with Crippen LogP contribution in [-0.2, 0) is 14.3 Å². The number of alkyl carbamates (subject to hydrolysis) is 1. The number of benzene rings is 3. The number of carboxylic acid groups (broad SMARTS) is 1. The van der Waals surface area contributed by atoms with E-state index in [4.69, 9.17) is 14.7 Å². The lowest BCUT2D eigenvalue weighted by atomic mass is 10.0. The summed E-state index contributed by atoms with van der Waals surface area (Å²) in [5.41, 5.74) is 7.28. The fourth-order valence-corrected chi connectivity index (χ4v) is 8.09. The van der Waals surface area contributed by atoms with Crippen molar-refractivity contribution >= 4 is 24.0 Å². The second-order valence-corrected chi connectivity index (χ2v) is 16.2. The van der Waals surface area contributed by atoms with Gasteiger partial charge in [0.1, 0.15) is 23.7 Å². The van der Waals surface area contributed by atoms with Crippen molar-refractivity contribution in [3.63, 3.8) is 0 Å². The Morgan fingerprint density at radius 3 is 1.46 bits per heavy atom. The number of methoxy groups -OCH3 is 1. The van der Waals surface area contributed by atoms with Crippen LogP contribution >= 0.6 is 0 Å². The lowest BCUT2D eigenvalue weighted by molar-refractivity contribution is -0.136. The molecule has 61 heavy (non-hydrogen) atoms. The van der Waals surface area contributed by atoms with Crippen LogP contribution in [0.15, 0.2) is 85.2 Å². The minimum atomic E-state index is -1.21. The van der Waals surface area contributed by atoms with Crippen molar-refractivity contribution in [2.24, 2.45) is 11.8 Å². The summed E-state index contributed by atoms with van der Waals surface area (Å²) in [6, 6.07) is 22.2. The minimum Gasteiger partial charge on any atom is -0.465 e. The van der Waals surface area contributed by atoms with Gasteiger partial charge in [0.25, 0.3) is 0 Å². The lowest BCUT2D eigenvalue weighted by Gasteiger charge is -2.29. The first-order valence-corrected chi connectivity index (χ1v) is 20.8. The van der Waals surface area contributed by atoms with Gasteiger partial charge in [0.15, 0.2) is 0 Å². The maximum Gasteiger partial charge on any atom is 0.407 e. The van der Waals surface area contributed by atoms with Gasteiger partial charge in [-0.2, -0.15) is 0 Å². The summed E-state index contributed by atoms with van der Waals surface area (Å²) in [5.74, 6) is 7.27. The van der Waals surface area contributed by atoms with Crippen molar-refractivity contribution in [3.8, 4) is 45.5 Å². The molecule has 4 atom stereocenters. The molecule has 316 valence electrons. The van der Waals surface area contributed by atoms with E-state index < -0.39 is 24.3 Å². The van der Waals surface area contributed by atoms with Gasteiger partial charge in [0, 0.05) is 47.7 Å². The van der Waals surface area contributed by atoms with Gasteiger partial charge in [0.05, 0.1) is 30.6 Å². The van der Waals surface area contributed by atoms with E-state index in [9.17, 15) is 24.3 Å². The van der Waals surface area contributed by atoms with E-state index in [1.54, 1.807) is 9.80 Å². The van der Waals surface area contributed by atoms with Crippen LogP contribution in [0.3, 0.4) is 0 Å². The molecule has 2 aromatic heterocycles. The maximum absolute atomic E-state index is 13.5. The van der Waals surface area contributed by atoms with Gasteiger partial charge in [-0.05, 0) is 72.9 Å². The molecule has 2 aliphatic heterocycles. The average Bonchev–Trinajstić information content (AvgIpc) is 4.11. The summed E-state index contributed by atoms with van der Waals surface area (Å²) in [6.45, 7) is 8.60. The Hall–Kier alpha value is -6.88. The zero-order chi connectivity index (χ0) is 43.2. The topological polar surface area (TPSA) is 186 Å². The first kappa shape index (κ1) is 42.3. The van der Waals surface area contributed by atoms with Crippen molar-refractivity contribution < 1.29 is 29.0 Å². The molecule has 14 heteroatoms. The molecule has 14 nitrogen and oxygen atoms in total. The zero-order valence-electron chi connectivity index (χ0n) is 35.1. The highest BCUT2D eigenvalue weighted by Gasteiger charge is 2.39. The maximum atomic E-state index is 13.5. The Bertz CT molecular complexity index is 2410. The van der Waals surface area contributed by atoms with E-state index in [1.165, 1.54) is 7.11 Å². The van der Waals surface area contributed by atoms with Gasteiger partial charge in [-0.3, -0.25) is 9.59 Å². The SMILES string of the molecule is COC(=O)N[C@H](C(=O)N1CCCC1c1nc(-c2ccc(C#Cc3ccc(-c4ccc(-c5c[nH]c([C@@H]6CCCN6C(=O)[C@@H](NC(=O)O)C(C)C)n5)cc4)cc3)cc2)c[nH]1)C(C)C. The quantitative estimate of drug-likeness (QED) is 0.0846. The van der Waals surface area contributed by atoms with Crippen molar-refractivity contribution in [2.45, 2.75) is 77.5 Å². The first-order chi connectivity index (χ1) is 29.4. The predicted octanol–water partition coefficient (Wildman–Crippen LogP) is 7.53. The number of H-pyrrole nitrogens is 2. The molecule has 4 heterocycles. The second kappa shape index (κ2) is 18.6. The number of imidazole rings is 2. The molecule has 5 N–H and O–H groups in total. The van der Waals surface area contributed by atoms with Crippen LogP contribution in [0.1, 0.15) is 88.2 Å². The van der Waals surface area contributed by atoms with Gasteiger partial charge < -0.3 is 40.2 Å². The van der Waals surface area contributed by atoms with E-state index in [0.717, 1.165) is 70.5 Å². The molecular weight excluding hydrogens is 773 g/mol. The van der Waals surface area contributed by atoms with Crippen LogP contribution in [-0.4, -0.2) is 91.1 Å². The molecule has 0 radical (unpaired) electrons. The summed E-state index contributed by atoms with van der Waals surface area (Å²) in [4.78, 5) is 70.0. The highest BCUT2D eigenvalue weighted by Crippen LogP contribution is 2.34. The molecule has 2 fully saturated rings. The number of aromatic amines is 2. The molecule has 2 aliphatic rings. The summed E-state index contributed by atoms with van der Waals surface area (Å²) in [5, 5.41) is 14.4. The van der Waals surface area contributed by atoms with Crippen LogP contribution in [0.2, 0.25) is 0 Å². The van der Waals surface area contributed by atoms with E-state index in [2.05, 4.69) is 56.7 Å². The second-order valence-electron chi connectivity index (χ2n) is 16.2. The normalized spacial score (nSPS) is 17.2. The number of amides is 4. The number of carbonyl (C=O) groups is 4. The Labute approximate surface area is 355 Å². The monoisotopic (exact) mass is 824 g/mol. The fourth-order valence-electron chi connectivity index (χ4n) is 8.09. The Morgan fingerprint density at radius 1 is 0.656 bits per heavy atom. The number of nitrogens with one attached hydrogen (secondary N) is 4. The molecule has 0 aliphatic carbocycles. The Morgan fingerprint density at radius 2 is 1.05 bits per heavy atom. The van der Waals surface area contributed by atoms with E-state index >= 15 is 0 Å². The Balaban J connectivity index is 0.956. The summed E-state index contributed by atoms with van der Waals surface area (Å²) in [6.07, 6.45) is 5.06. The van der Waals surface area contributed by atoms with E-state index in [-0.39, 0.29) is 35.7 Å². The third-order valence-corrected chi connectivity index (χ3v) is 11.4. The largest absolute Gasteiger partial charge is 0.465 e. The van der Waals surface area contributed by atoms with Gasteiger partial charge in [-0.25, -0.2) is 19.6 Å². The molecule has 0 bridgehead atoms. The lowest BCUT2D eigenvalue weighted by Crippen LogP contribution is -2.51. The van der Waals surface area contributed by atoms with Gasteiger partial charge in [-0.15, -0.1) is 0 Å². The van der Waals surface area contributed by atoms with Crippen LogP contribution in [0.5, 0.6) is 0 Å². The summed E-state index contributed by atoms with van der Waals surface area (Å²) in [7, 11) is 1.29. The van der Waals surface area contributed by atoms with Crippen molar-refractivity contribution in [2.75, 3.05) is 20.2 Å². The number of hydrogen-bond donors (Lipinski definition) is 5. The summed E-state index contributed by atoms with van der Waals surface area (Å²) >= 11 is 0. The number of likely N-dealkylation sites (tertiary alicyclic amines) is 2. The molecule has 4 amide bonds. The Kier molecular flexibility index (Phi) is 12.9. The molecule has 3 aromatic carbocycles. The molecule has 1 unspecified atom stereocenters. The number of rotatable bonds is 11. The molecule has 0 spiro atoms. The van der Waals surface area contributed by atoms with E-state index in [0.29, 0.717) is 24.7 Å². The molecule has 5 aromatic rings. The van der Waals surface area contributed by atoms with Crippen LogP contribution in [0, 0.1) is 23.7 Å². The number of aromatic nitrogens is 4. The highest BCUT2D eigenvalue weighted by molar-refractivity contribution is 5.87. The predicted molar refractivity (Wildman–Crippen MR) is 231 cm³/mol. The first-order valence-electron chi connectivity index (χ1n) is 20.8. The van der Waals surface area contributed by atoms with E-state index in [1.807, 2.05) is 88.6 Å².